The van der Waals surface area contributed by atoms with Gasteiger partial charge in [-0.15, -0.1) is 0 Å². The Morgan fingerprint density at radius 3 is 2.65 bits per heavy atom. The van der Waals surface area contributed by atoms with Crippen molar-refractivity contribution in [3.05, 3.63) is 23.3 Å². The molecule has 4 aliphatic carbocycles. The van der Waals surface area contributed by atoms with Gasteiger partial charge in [-0.1, -0.05) is 38.5 Å². The third-order valence-electron chi connectivity index (χ3n) is 10.7. The Morgan fingerprint density at radius 2 is 1.90 bits per heavy atom. The number of aliphatic hydroxyl groups excluding tert-OH is 2. The summed E-state index contributed by atoms with van der Waals surface area (Å²) in [4.78, 5) is 12.2. The number of cyclic esters (lactones) is 1. The fourth-order valence-corrected chi connectivity index (χ4v) is 8.86. The van der Waals surface area contributed by atoms with E-state index in [9.17, 15) is 15.0 Å². The SMILES string of the molecule is C[C@H]([C@@H]1CC=C(CO)C(=O)O1)[C@H]1CC[C@H]2[C@@H]3CC=C4C[C@@H](O)CC[C@]4(C)[C@H]3CC[C@]12C. The second-order valence-corrected chi connectivity index (χ2v) is 11.8. The maximum absolute atomic E-state index is 12.2. The van der Waals surface area contributed by atoms with E-state index in [4.69, 9.17) is 4.74 Å². The lowest BCUT2D eigenvalue weighted by atomic mass is 9.47. The zero-order valence-corrected chi connectivity index (χ0v) is 19.5. The van der Waals surface area contributed by atoms with Crippen LogP contribution in [-0.4, -0.2) is 35.0 Å². The second-order valence-electron chi connectivity index (χ2n) is 11.8. The van der Waals surface area contributed by atoms with Crippen molar-refractivity contribution in [1.29, 1.82) is 0 Å². The molecule has 4 heteroatoms. The van der Waals surface area contributed by atoms with Gasteiger partial charge in [-0.2, -0.15) is 0 Å². The van der Waals surface area contributed by atoms with E-state index in [0.717, 1.165) is 43.4 Å². The zero-order chi connectivity index (χ0) is 22.0. The summed E-state index contributed by atoms with van der Waals surface area (Å²) in [6.45, 7) is 7.10. The van der Waals surface area contributed by atoms with Crippen LogP contribution in [0.15, 0.2) is 23.3 Å². The highest BCUT2D eigenvalue weighted by Gasteiger charge is 2.59. The lowest BCUT2D eigenvalue weighted by molar-refractivity contribution is -0.151. The molecule has 2 N–H and O–H groups in total. The predicted octanol–water partition coefficient (Wildman–Crippen LogP) is 4.80. The van der Waals surface area contributed by atoms with Gasteiger partial charge in [0.1, 0.15) is 6.10 Å². The van der Waals surface area contributed by atoms with Gasteiger partial charge in [0.25, 0.3) is 0 Å². The average Bonchev–Trinajstić information content (AvgIpc) is 3.11. The molecule has 3 fully saturated rings. The third kappa shape index (κ3) is 3.27. The lowest BCUT2D eigenvalue weighted by Gasteiger charge is -2.58. The normalized spacial score (nSPS) is 48.0. The van der Waals surface area contributed by atoms with Crippen LogP contribution in [0.3, 0.4) is 0 Å². The van der Waals surface area contributed by atoms with Crippen LogP contribution < -0.4 is 0 Å². The molecule has 4 nitrogen and oxygen atoms in total. The van der Waals surface area contributed by atoms with Gasteiger partial charge in [0, 0.05) is 6.42 Å². The van der Waals surface area contributed by atoms with Crippen LogP contribution >= 0.6 is 0 Å². The van der Waals surface area contributed by atoms with E-state index < -0.39 is 0 Å². The second kappa shape index (κ2) is 7.73. The summed E-state index contributed by atoms with van der Waals surface area (Å²) in [6.07, 6.45) is 14.2. The van der Waals surface area contributed by atoms with Gasteiger partial charge < -0.3 is 14.9 Å². The number of ether oxygens (including phenoxy) is 1. The van der Waals surface area contributed by atoms with Crippen LogP contribution in [0.4, 0.5) is 0 Å². The minimum atomic E-state index is -0.327. The quantitative estimate of drug-likeness (QED) is 0.501. The molecule has 0 spiro atoms. The summed E-state index contributed by atoms with van der Waals surface area (Å²) >= 11 is 0. The molecule has 31 heavy (non-hydrogen) atoms. The number of carbonyl (C=O) groups is 1. The molecule has 0 radical (unpaired) electrons. The van der Waals surface area contributed by atoms with Gasteiger partial charge in [0.05, 0.1) is 18.3 Å². The molecule has 1 heterocycles. The number of rotatable bonds is 3. The molecule has 9 atom stereocenters. The van der Waals surface area contributed by atoms with Crippen molar-refractivity contribution in [3.63, 3.8) is 0 Å². The maximum Gasteiger partial charge on any atom is 0.336 e. The molecule has 0 amide bonds. The Labute approximate surface area is 187 Å². The Morgan fingerprint density at radius 1 is 1.10 bits per heavy atom. The van der Waals surface area contributed by atoms with Crippen molar-refractivity contribution >= 4 is 5.97 Å². The summed E-state index contributed by atoms with van der Waals surface area (Å²) < 4.78 is 5.79. The summed E-state index contributed by atoms with van der Waals surface area (Å²) in [5, 5.41) is 19.6. The van der Waals surface area contributed by atoms with Crippen molar-refractivity contribution in [2.45, 2.75) is 90.8 Å². The zero-order valence-electron chi connectivity index (χ0n) is 19.5. The first-order valence-corrected chi connectivity index (χ1v) is 12.7. The van der Waals surface area contributed by atoms with E-state index in [-0.39, 0.29) is 30.2 Å². The van der Waals surface area contributed by atoms with Crippen LogP contribution in [0.1, 0.15) is 78.6 Å². The molecule has 172 valence electrons. The van der Waals surface area contributed by atoms with Gasteiger partial charge in [0.15, 0.2) is 0 Å². The van der Waals surface area contributed by atoms with E-state index in [1.807, 2.05) is 6.08 Å². The fraction of sp³-hybridized carbons (Fsp3) is 0.815. The van der Waals surface area contributed by atoms with Gasteiger partial charge >= 0.3 is 5.97 Å². The van der Waals surface area contributed by atoms with E-state index in [1.165, 1.54) is 32.1 Å². The third-order valence-corrected chi connectivity index (χ3v) is 10.7. The molecule has 0 saturated heterocycles. The molecular weight excluding hydrogens is 388 g/mol. The number of aliphatic hydroxyl groups is 2. The van der Waals surface area contributed by atoms with Gasteiger partial charge in [-0.05, 0) is 91.8 Å². The van der Waals surface area contributed by atoms with E-state index in [0.29, 0.717) is 22.8 Å². The van der Waals surface area contributed by atoms with Crippen LogP contribution in [0.5, 0.6) is 0 Å². The Kier molecular flexibility index (Phi) is 5.41. The Bertz CT molecular complexity index is 799. The standard InChI is InChI=1S/C27H40O4/c1-16(24-9-4-17(15-28)25(30)31-24)21-7-8-22-20-6-5-18-14-19(29)10-12-26(18,2)23(20)11-13-27(21,22)3/h4-5,16,19-24,28-29H,6-15H2,1-3H3/t16-,19-,20-,21+,22-,23-,24-,26-,27+/m0/s1. The summed E-state index contributed by atoms with van der Waals surface area (Å²) in [5.74, 6) is 2.88. The van der Waals surface area contributed by atoms with Crippen LogP contribution in [-0.2, 0) is 9.53 Å². The minimum Gasteiger partial charge on any atom is -0.458 e. The summed E-state index contributed by atoms with van der Waals surface area (Å²) in [6, 6.07) is 0. The minimum absolute atomic E-state index is 0.0590. The highest BCUT2D eigenvalue weighted by Crippen LogP contribution is 2.67. The molecule has 1 aliphatic heterocycles. The number of esters is 1. The van der Waals surface area contributed by atoms with Gasteiger partial charge in [-0.25, -0.2) is 4.79 Å². The molecule has 0 aromatic carbocycles. The van der Waals surface area contributed by atoms with Crippen molar-refractivity contribution in [2.75, 3.05) is 6.61 Å². The Hall–Kier alpha value is -1.13. The lowest BCUT2D eigenvalue weighted by Crippen LogP contribution is -2.51. The molecule has 5 rings (SSSR count). The van der Waals surface area contributed by atoms with Gasteiger partial charge in [-0.3, -0.25) is 0 Å². The van der Waals surface area contributed by atoms with E-state index in [1.54, 1.807) is 5.57 Å². The van der Waals surface area contributed by atoms with Crippen molar-refractivity contribution in [2.24, 2.45) is 40.4 Å². The number of hydrogen-bond acceptors (Lipinski definition) is 4. The largest absolute Gasteiger partial charge is 0.458 e. The molecule has 0 bridgehead atoms. The smallest absolute Gasteiger partial charge is 0.336 e. The van der Waals surface area contributed by atoms with Crippen LogP contribution in [0, 0.1) is 40.4 Å². The number of fused-ring (bicyclic) bond motifs is 5. The van der Waals surface area contributed by atoms with Crippen molar-refractivity contribution in [3.8, 4) is 0 Å². The van der Waals surface area contributed by atoms with E-state index in [2.05, 4.69) is 26.8 Å². The molecule has 0 unspecified atom stereocenters. The number of carbonyl (C=O) groups excluding carboxylic acids is 1. The fourth-order valence-electron chi connectivity index (χ4n) is 8.86. The predicted molar refractivity (Wildman–Crippen MR) is 120 cm³/mol. The maximum atomic E-state index is 12.2. The summed E-state index contributed by atoms with van der Waals surface area (Å²) in [7, 11) is 0. The summed E-state index contributed by atoms with van der Waals surface area (Å²) in [5.41, 5.74) is 2.57. The van der Waals surface area contributed by atoms with Crippen molar-refractivity contribution in [1.82, 2.24) is 0 Å². The molecule has 0 aromatic rings. The highest BCUT2D eigenvalue weighted by atomic mass is 16.5. The number of hydrogen-bond donors (Lipinski definition) is 2. The molecule has 0 aromatic heterocycles. The van der Waals surface area contributed by atoms with E-state index >= 15 is 0 Å². The topological polar surface area (TPSA) is 66.8 Å². The number of allylic oxidation sites excluding steroid dienone is 1. The first-order valence-electron chi connectivity index (χ1n) is 12.7. The molecule has 3 saturated carbocycles. The van der Waals surface area contributed by atoms with Crippen molar-refractivity contribution < 1.29 is 19.7 Å². The average molecular weight is 429 g/mol. The first-order chi connectivity index (χ1) is 14.8. The molecule has 5 aliphatic rings. The Balaban J connectivity index is 1.36. The van der Waals surface area contributed by atoms with Crippen LogP contribution in [0.2, 0.25) is 0 Å². The van der Waals surface area contributed by atoms with Gasteiger partial charge in [0.2, 0.25) is 0 Å². The molecular formula is C27H40O4. The van der Waals surface area contributed by atoms with Crippen LogP contribution in [0.25, 0.3) is 0 Å². The monoisotopic (exact) mass is 428 g/mol. The highest BCUT2D eigenvalue weighted by molar-refractivity contribution is 5.89. The first kappa shape index (κ1) is 21.7.